The van der Waals surface area contributed by atoms with E-state index < -0.39 is 0 Å². The molecule has 0 aromatic heterocycles. The van der Waals surface area contributed by atoms with Gasteiger partial charge in [-0.15, -0.1) is 0 Å². The first-order valence-corrected chi connectivity index (χ1v) is 7.56. The van der Waals surface area contributed by atoms with Gasteiger partial charge in [-0.1, -0.05) is 0 Å². The minimum Gasteiger partial charge on any atom is -0.385 e. The lowest BCUT2D eigenvalue weighted by atomic mass is 10.1. The fourth-order valence-electron chi connectivity index (χ4n) is 2.66. The summed E-state index contributed by atoms with van der Waals surface area (Å²) in [5.41, 5.74) is 2.86. The largest absolute Gasteiger partial charge is 0.385 e. The number of carbonyl (C=O) groups is 1. The summed E-state index contributed by atoms with van der Waals surface area (Å²) in [5, 5.41) is 6.27. The third-order valence-electron chi connectivity index (χ3n) is 3.76. The number of hydrogen-bond acceptors (Lipinski definition) is 3. The van der Waals surface area contributed by atoms with Gasteiger partial charge in [0.15, 0.2) is 0 Å². The van der Waals surface area contributed by atoms with Crippen LogP contribution in [0, 0.1) is 6.92 Å². The van der Waals surface area contributed by atoms with E-state index in [1.807, 2.05) is 25.1 Å². The van der Waals surface area contributed by atoms with Gasteiger partial charge in [0, 0.05) is 30.9 Å². The second kappa shape index (κ2) is 7.29. The van der Waals surface area contributed by atoms with Crippen molar-refractivity contribution in [2.24, 2.45) is 0 Å². The standard InChI is InChI=1S/C16H25N3O/c1-3-17-14-6-7-15(13(2)12-14)16(20)18-8-11-19-9-4-5-10-19/h6-7,12,17H,3-5,8-11H2,1-2H3,(H,18,20). The molecule has 1 aromatic rings. The average Bonchev–Trinajstić information content (AvgIpc) is 2.92. The molecule has 4 nitrogen and oxygen atoms in total. The third-order valence-corrected chi connectivity index (χ3v) is 3.76. The summed E-state index contributed by atoms with van der Waals surface area (Å²) >= 11 is 0. The Morgan fingerprint density at radius 2 is 2.05 bits per heavy atom. The molecule has 1 amide bonds. The number of carbonyl (C=O) groups excluding carboxylic acids is 1. The van der Waals surface area contributed by atoms with E-state index in [-0.39, 0.29) is 5.91 Å². The van der Waals surface area contributed by atoms with Crippen LogP contribution in [0.1, 0.15) is 35.7 Å². The molecule has 4 heteroatoms. The molecule has 0 radical (unpaired) electrons. The van der Waals surface area contributed by atoms with Crippen LogP contribution in [0.25, 0.3) is 0 Å². The molecule has 1 aromatic carbocycles. The number of hydrogen-bond donors (Lipinski definition) is 2. The third kappa shape index (κ3) is 3.97. The van der Waals surface area contributed by atoms with Gasteiger partial charge in [0.25, 0.3) is 5.91 Å². The van der Waals surface area contributed by atoms with E-state index in [9.17, 15) is 4.79 Å². The first-order valence-electron chi connectivity index (χ1n) is 7.56. The Bertz CT molecular complexity index is 453. The quantitative estimate of drug-likeness (QED) is 0.837. The van der Waals surface area contributed by atoms with Gasteiger partial charge < -0.3 is 15.5 Å². The van der Waals surface area contributed by atoms with Crippen LogP contribution in [0.3, 0.4) is 0 Å². The van der Waals surface area contributed by atoms with Crippen LogP contribution in [0.15, 0.2) is 18.2 Å². The van der Waals surface area contributed by atoms with E-state index in [0.717, 1.165) is 36.4 Å². The second-order valence-electron chi connectivity index (χ2n) is 5.36. The lowest BCUT2D eigenvalue weighted by Gasteiger charge is -2.15. The van der Waals surface area contributed by atoms with Gasteiger partial charge in [0.05, 0.1) is 0 Å². The topological polar surface area (TPSA) is 44.4 Å². The van der Waals surface area contributed by atoms with Crippen molar-refractivity contribution in [3.63, 3.8) is 0 Å². The highest BCUT2D eigenvalue weighted by molar-refractivity contribution is 5.96. The van der Waals surface area contributed by atoms with E-state index in [1.165, 1.54) is 25.9 Å². The first kappa shape index (κ1) is 14.9. The van der Waals surface area contributed by atoms with Crippen LogP contribution in [0.2, 0.25) is 0 Å². The summed E-state index contributed by atoms with van der Waals surface area (Å²) in [4.78, 5) is 14.6. The molecule has 0 unspecified atom stereocenters. The van der Waals surface area contributed by atoms with Crippen molar-refractivity contribution < 1.29 is 4.79 Å². The number of benzene rings is 1. The SMILES string of the molecule is CCNc1ccc(C(=O)NCCN2CCCC2)c(C)c1. The summed E-state index contributed by atoms with van der Waals surface area (Å²) in [6, 6.07) is 5.89. The molecule has 1 saturated heterocycles. The number of amides is 1. The molecular weight excluding hydrogens is 250 g/mol. The van der Waals surface area contributed by atoms with Gasteiger partial charge >= 0.3 is 0 Å². The molecule has 1 aliphatic rings. The maximum absolute atomic E-state index is 12.2. The Hall–Kier alpha value is -1.55. The maximum Gasteiger partial charge on any atom is 0.251 e. The molecule has 0 bridgehead atoms. The summed E-state index contributed by atoms with van der Waals surface area (Å²) in [5.74, 6) is 0.0322. The minimum atomic E-state index is 0.0322. The van der Waals surface area contributed by atoms with Gasteiger partial charge in [-0.25, -0.2) is 0 Å². The number of nitrogens with zero attached hydrogens (tertiary/aromatic N) is 1. The monoisotopic (exact) mass is 275 g/mol. The fourth-order valence-corrected chi connectivity index (χ4v) is 2.66. The summed E-state index contributed by atoms with van der Waals surface area (Å²) in [6.45, 7) is 8.97. The molecule has 0 atom stereocenters. The highest BCUT2D eigenvalue weighted by Crippen LogP contribution is 2.15. The predicted octanol–water partition coefficient (Wildman–Crippen LogP) is 2.25. The molecule has 20 heavy (non-hydrogen) atoms. The zero-order valence-corrected chi connectivity index (χ0v) is 12.5. The first-order chi connectivity index (χ1) is 9.70. The Morgan fingerprint density at radius 1 is 1.30 bits per heavy atom. The molecule has 1 aliphatic heterocycles. The van der Waals surface area contributed by atoms with Gasteiger partial charge in [-0.3, -0.25) is 4.79 Å². The highest BCUT2D eigenvalue weighted by atomic mass is 16.1. The van der Waals surface area contributed by atoms with Gasteiger partial charge in [-0.05, 0) is 63.5 Å². The van der Waals surface area contributed by atoms with E-state index >= 15 is 0 Å². The summed E-state index contributed by atoms with van der Waals surface area (Å²) in [7, 11) is 0. The Labute approximate surface area is 121 Å². The molecule has 2 N–H and O–H groups in total. The molecule has 0 aliphatic carbocycles. The molecule has 1 heterocycles. The summed E-state index contributed by atoms with van der Waals surface area (Å²) in [6.07, 6.45) is 2.58. The molecule has 110 valence electrons. The van der Waals surface area contributed by atoms with Gasteiger partial charge in [-0.2, -0.15) is 0 Å². The van der Waals surface area contributed by atoms with Crippen molar-refractivity contribution in [3.05, 3.63) is 29.3 Å². The summed E-state index contributed by atoms with van der Waals surface area (Å²) < 4.78 is 0. The van der Waals surface area contributed by atoms with Crippen LogP contribution < -0.4 is 10.6 Å². The van der Waals surface area contributed by atoms with Crippen molar-refractivity contribution in [1.29, 1.82) is 0 Å². The van der Waals surface area contributed by atoms with Crippen molar-refractivity contribution in [3.8, 4) is 0 Å². The van der Waals surface area contributed by atoms with Crippen LogP contribution >= 0.6 is 0 Å². The normalized spacial score (nSPS) is 15.3. The molecular formula is C16H25N3O. The van der Waals surface area contributed by atoms with Crippen molar-refractivity contribution in [1.82, 2.24) is 10.2 Å². The van der Waals surface area contributed by atoms with E-state index in [4.69, 9.17) is 0 Å². The number of anilines is 1. The number of nitrogens with one attached hydrogen (secondary N) is 2. The smallest absolute Gasteiger partial charge is 0.251 e. The van der Waals surface area contributed by atoms with Crippen LogP contribution in [-0.2, 0) is 0 Å². The van der Waals surface area contributed by atoms with Crippen LogP contribution in [-0.4, -0.2) is 43.5 Å². The average molecular weight is 275 g/mol. The number of rotatable bonds is 6. The zero-order valence-electron chi connectivity index (χ0n) is 12.5. The van der Waals surface area contributed by atoms with E-state index in [2.05, 4.69) is 22.5 Å². The number of aryl methyl sites for hydroxylation is 1. The molecule has 1 fully saturated rings. The molecule has 0 spiro atoms. The Balaban J connectivity index is 1.85. The zero-order chi connectivity index (χ0) is 14.4. The van der Waals surface area contributed by atoms with Crippen molar-refractivity contribution in [2.45, 2.75) is 26.7 Å². The highest BCUT2D eigenvalue weighted by Gasteiger charge is 2.12. The van der Waals surface area contributed by atoms with E-state index in [1.54, 1.807) is 0 Å². The maximum atomic E-state index is 12.2. The Kier molecular flexibility index (Phi) is 5.41. The Morgan fingerprint density at radius 3 is 2.70 bits per heavy atom. The van der Waals surface area contributed by atoms with Crippen LogP contribution in [0.4, 0.5) is 5.69 Å². The minimum absolute atomic E-state index is 0.0322. The van der Waals surface area contributed by atoms with Gasteiger partial charge in [0.1, 0.15) is 0 Å². The lowest BCUT2D eigenvalue weighted by Crippen LogP contribution is -2.33. The predicted molar refractivity (Wildman–Crippen MR) is 83.3 cm³/mol. The lowest BCUT2D eigenvalue weighted by molar-refractivity contribution is 0.0949. The molecule has 0 saturated carbocycles. The second-order valence-corrected chi connectivity index (χ2v) is 5.36. The fraction of sp³-hybridized carbons (Fsp3) is 0.562. The molecule has 2 rings (SSSR count). The van der Waals surface area contributed by atoms with Crippen molar-refractivity contribution in [2.75, 3.05) is 38.0 Å². The van der Waals surface area contributed by atoms with Crippen LogP contribution in [0.5, 0.6) is 0 Å². The van der Waals surface area contributed by atoms with Gasteiger partial charge in [0.2, 0.25) is 0 Å². The number of likely N-dealkylation sites (tertiary alicyclic amines) is 1. The van der Waals surface area contributed by atoms with Crippen molar-refractivity contribution >= 4 is 11.6 Å². The van der Waals surface area contributed by atoms with E-state index in [0.29, 0.717) is 0 Å².